The number of hydrogen-bond donors (Lipinski definition) is 1. The number of aryl methyl sites for hydroxylation is 2. The zero-order valence-electron chi connectivity index (χ0n) is 8.67. The van der Waals surface area contributed by atoms with Crippen molar-refractivity contribution in [2.24, 2.45) is 0 Å². The lowest BCUT2D eigenvalue weighted by molar-refractivity contribution is 0.165. The van der Waals surface area contributed by atoms with Gasteiger partial charge in [-0.2, -0.15) is 0 Å². The predicted octanol–water partition coefficient (Wildman–Crippen LogP) is 3.14. The molecule has 1 aromatic rings. The van der Waals surface area contributed by atoms with E-state index in [1.807, 2.05) is 6.07 Å². The summed E-state index contributed by atoms with van der Waals surface area (Å²) in [6, 6.07) is 6.15. The second-order valence-electron chi connectivity index (χ2n) is 3.61. The molecule has 0 aliphatic carbocycles. The van der Waals surface area contributed by atoms with Gasteiger partial charge in [0.2, 0.25) is 0 Å². The Morgan fingerprint density at radius 2 is 1.77 bits per heavy atom. The Morgan fingerprint density at radius 3 is 2.23 bits per heavy atom. The minimum absolute atomic E-state index is 0.286. The van der Waals surface area contributed by atoms with Crippen molar-refractivity contribution in [1.82, 2.24) is 0 Å². The van der Waals surface area contributed by atoms with E-state index in [0.717, 1.165) is 18.4 Å². The third kappa shape index (κ3) is 2.31. The summed E-state index contributed by atoms with van der Waals surface area (Å²) in [7, 11) is 0. The van der Waals surface area contributed by atoms with Crippen LogP contribution in [0.1, 0.15) is 42.6 Å². The molecule has 0 aliphatic heterocycles. The van der Waals surface area contributed by atoms with Gasteiger partial charge in [0.05, 0.1) is 6.10 Å². The van der Waals surface area contributed by atoms with Crippen molar-refractivity contribution in [2.75, 3.05) is 0 Å². The van der Waals surface area contributed by atoms with E-state index in [0.29, 0.717) is 0 Å². The monoisotopic (exact) mass is 178 g/mol. The third-order valence-electron chi connectivity index (χ3n) is 2.44. The van der Waals surface area contributed by atoms with Gasteiger partial charge in [-0.3, -0.25) is 0 Å². The summed E-state index contributed by atoms with van der Waals surface area (Å²) >= 11 is 0. The number of benzene rings is 1. The van der Waals surface area contributed by atoms with Crippen LogP contribution in [0.3, 0.4) is 0 Å². The summed E-state index contributed by atoms with van der Waals surface area (Å²) in [6.07, 6.45) is 1.59. The van der Waals surface area contributed by atoms with Crippen LogP contribution in [0.2, 0.25) is 0 Å². The summed E-state index contributed by atoms with van der Waals surface area (Å²) in [5.74, 6) is 0. The van der Waals surface area contributed by atoms with Gasteiger partial charge in [-0.05, 0) is 37.0 Å². The van der Waals surface area contributed by atoms with Gasteiger partial charge < -0.3 is 5.11 Å². The van der Waals surface area contributed by atoms with Crippen molar-refractivity contribution < 1.29 is 5.11 Å². The second-order valence-corrected chi connectivity index (χ2v) is 3.61. The van der Waals surface area contributed by atoms with Gasteiger partial charge in [-0.1, -0.05) is 31.5 Å². The number of hydrogen-bond acceptors (Lipinski definition) is 1. The molecule has 0 heterocycles. The summed E-state index contributed by atoms with van der Waals surface area (Å²) in [5.41, 5.74) is 3.51. The van der Waals surface area contributed by atoms with Crippen LogP contribution in [-0.4, -0.2) is 5.11 Å². The predicted molar refractivity (Wildman–Crippen MR) is 55.8 cm³/mol. The van der Waals surface area contributed by atoms with E-state index < -0.39 is 0 Å². The van der Waals surface area contributed by atoms with E-state index in [1.54, 1.807) is 0 Å². The van der Waals surface area contributed by atoms with Crippen LogP contribution >= 0.6 is 0 Å². The molecular weight excluding hydrogens is 160 g/mol. The Morgan fingerprint density at radius 1 is 1.23 bits per heavy atom. The van der Waals surface area contributed by atoms with Crippen molar-refractivity contribution in [3.05, 3.63) is 34.9 Å². The largest absolute Gasteiger partial charge is 0.388 e. The van der Waals surface area contributed by atoms with E-state index in [-0.39, 0.29) is 6.10 Å². The number of aliphatic hydroxyl groups excluding tert-OH is 1. The molecule has 13 heavy (non-hydrogen) atoms. The maximum Gasteiger partial charge on any atom is 0.0795 e. The molecule has 0 saturated carbocycles. The quantitative estimate of drug-likeness (QED) is 0.754. The highest BCUT2D eigenvalue weighted by Gasteiger charge is 2.11. The maximum absolute atomic E-state index is 9.88. The maximum atomic E-state index is 9.88. The molecule has 1 atom stereocenters. The van der Waals surface area contributed by atoms with Gasteiger partial charge in [-0.25, -0.2) is 0 Å². The minimum atomic E-state index is -0.286. The fraction of sp³-hybridized carbons (Fsp3) is 0.500. The molecule has 1 N–H and O–H groups in total. The molecule has 0 saturated heterocycles. The lowest BCUT2D eigenvalue weighted by Crippen LogP contribution is -2.02. The summed E-state index contributed by atoms with van der Waals surface area (Å²) in [6.45, 7) is 6.21. The zero-order valence-corrected chi connectivity index (χ0v) is 8.67. The molecule has 0 fully saturated rings. The first-order valence-electron chi connectivity index (χ1n) is 4.91. The molecule has 1 aromatic carbocycles. The van der Waals surface area contributed by atoms with Gasteiger partial charge in [0.15, 0.2) is 0 Å². The molecular formula is C12H18O. The van der Waals surface area contributed by atoms with Crippen molar-refractivity contribution in [2.45, 2.75) is 39.7 Å². The fourth-order valence-electron chi connectivity index (χ4n) is 1.77. The molecule has 1 rings (SSSR count). The van der Waals surface area contributed by atoms with E-state index in [4.69, 9.17) is 0 Å². The van der Waals surface area contributed by atoms with Crippen LogP contribution in [0, 0.1) is 13.8 Å². The van der Waals surface area contributed by atoms with Crippen LogP contribution in [0.25, 0.3) is 0 Å². The van der Waals surface area contributed by atoms with E-state index in [1.165, 1.54) is 11.1 Å². The first-order valence-corrected chi connectivity index (χ1v) is 4.91. The standard InChI is InChI=1S/C12H18O/c1-4-6-11(13)12-9(2)7-5-8-10(12)3/h5,7-8,11,13H,4,6H2,1-3H3. The molecule has 1 unspecified atom stereocenters. The molecule has 0 amide bonds. The average Bonchev–Trinajstić information content (AvgIpc) is 2.04. The second kappa shape index (κ2) is 4.43. The Kier molecular flexibility index (Phi) is 3.49. The van der Waals surface area contributed by atoms with Gasteiger partial charge in [-0.15, -0.1) is 0 Å². The van der Waals surface area contributed by atoms with Gasteiger partial charge in [0.25, 0.3) is 0 Å². The smallest absolute Gasteiger partial charge is 0.0795 e. The minimum Gasteiger partial charge on any atom is -0.388 e. The SMILES string of the molecule is CCCC(O)c1c(C)cccc1C. The normalized spacial score (nSPS) is 12.9. The Balaban J connectivity index is 2.98. The van der Waals surface area contributed by atoms with Gasteiger partial charge in [0, 0.05) is 0 Å². The Hall–Kier alpha value is -0.820. The molecule has 1 nitrogen and oxygen atoms in total. The van der Waals surface area contributed by atoms with Crippen molar-refractivity contribution in [3.8, 4) is 0 Å². The highest BCUT2D eigenvalue weighted by atomic mass is 16.3. The van der Waals surface area contributed by atoms with Crippen LogP contribution in [-0.2, 0) is 0 Å². The zero-order chi connectivity index (χ0) is 9.84. The van der Waals surface area contributed by atoms with Gasteiger partial charge >= 0.3 is 0 Å². The third-order valence-corrected chi connectivity index (χ3v) is 2.44. The molecule has 1 heteroatoms. The fourth-order valence-corrected chi connectivity index (χ4v) is 1.77. The van der Waals surface area contributed by atoms with Crippen molar-refractivity contribution in [3.63, 3.8) is 0 Å². The molecule has 0 aromatic heterocycles. The first-order chi connectivity index (χ1) is 6.16. The number of rotatable bonds is 3. The van der Waals surface area contributed by atoms with Crippen molar-refractivity contribution in [1.29, 1.82) is 0 Å². The van der Waals surface area contributed by atoms with E-state index in [2.05, 4.69) is 32.9 Å². The number of aliphatic hydroxyl groups is 1. The highest BCUT2D eigenvalue weighted by Crippen LogP contribution is 2.24. The average molecular weight is 178 g/mol. The lowest BCUT2D eigenvalue weighted by atomic mass is 9.96. The lowest BCUT2D eigenvalue weighted by Gasteiger charge is -2.15. The van der Waals surface area contributed by atoms with Crippen molar-refractivity contribution >= 4 is 0 Å². The van der Waals surface area contributed by atoms with Gasteiger partial charge in [0.1, 0.15) is 0 Å². The molecule has 72 valence electrons. The molecule has 0 bridgehead atoms. The summed E-state index contributed by atoms with van der Waals surface area (Å²) in [4.78, 5) is 0. The first kappa shape index (κ1) is 10.3. The highest BCUT2D eigenvalue weighted by molar-refractivity contribution is 5.35. The summed E-state index contributed by atoms with van der Waals surface area (Å²) < 4.78 is 0. The van der Waals surface area contributed by atoms with Crippen LogP contribution in [0.15, 0.2) is 18.2 Å². The van der Waals surface area contributed by atoms with E-state index >= 15 is 0 Å². The molecule has 0 aliphatic rings. The van der Waals surface area contributed by atoms with E-state index in [9.17, 15) is 5.11 Å². The van der Waals surface area contributed by atoms with Crippen LogP contribution < -0.4 is 0 Å². The Bertz CT molecular complexity index is 258. The molecule has 0 radical (unpaired) electrons. The molecule has 0 spiro atoms. The van der Waals surface area contributed by atoms with Crippen LogP contribution in [0.4, 0.5) is 0 Å². The summed E-state index contributed by atoms with van der Waals surface area (Å²) in [5, 5.41) is 9.88. The van der Waals surface area contributed by atoms with Crippen LogP contribution in [0.5, 0.6) is 0 Å². The Labute approximate surface area is 80.4 Å². The topological polar surface area (TPSA) is 20.2 Å².